The van der Waals surface area contributed by atoms with Gasteiger partial charge >= 0.3 is 21.7 Å². The molecule has 1 saturated heterocycles. The van der Waals surface area contributed by atoms with Gasteiger partial charge in [-0.15, -0.1) is 0 Å². The van der Waals surface area contributed by atoms with E-state index in [4.69, 9.17) is 33.6 Å². The molecule has 1 fully saturated rings. The molecule has 3 aromatic rings. The molecule has 0 bridgehead atoms. The number of benzene rings is 1. The zero-order valence-electron chi connectivity index (χ0n) is 21.1. The number of hydrogen-bond donors (Lipinski definition) is 2. The number of fused-ring (bicyclic) bond motifs is 1. The standard InChI is InChI=1S/C22H29BN5O9P/c1-4-33-15(29)11-35-38(31)34-10-14-17(37-23-13-8-6-5-7-9-13)22(2,30)20(36-14)28-12-25-16-18(28)26-21(24)27-19(16)32-3/h5-9,12,14,17,20,23,30,38H,4,10-11H2,1-3H3,(H2,24,26,27)/t14-,17-,20-,22-/m1/s1. The number of nitrogen functional groups attached to an aromatic ring is 1. The molecule has 0 amide bonds. The van der Waals surface area contributed by atoms with Crippen LogP contribution >= 0.6 is 8.25 Å². The Labute approximate surface area is 219 Å². The van der Waals surface area contributed by atoms with Crippen LogP contribution in [0, 0.1) is 0 Å². The summed E-state index contributed by atoms with van der Waals surface area (Å²) in [6.45, 7) is 2.57. The van der Waals surface area contributed by atoms with Crippen molar-refractivity contribution in [2.45, 2.75) is 37.9 Å². The van der Waals surface area contributed by atoms with Crippen LogP contribution in [0.5, 0.6) is 5.88 Å². The lowest BCUT2D eigenvalue weighted by molar-refractivity contribution is -0.145. The Hall–Kier alpha value is -3.07. The van der Waals surface area contributed by atoms with E-state index in [1.165, 1.54) is 18.0 Å². The third-order valence-corrected chi connectivity index (χ3v) is 6.60. The Morgan fingerprint density at radius 3 is 2.76 bits per heavy atom. The van der Waals surface area contributed by atoms with Gasteiger partial charge in [0.15, 0.2) is 24.0 Å². The second kappa shape index (κ2) is 12.2. The van der Waals surface area contributed by atoms with Gasteiger partial charge in [-0.25, -0.2) is 9.78 Å². The number of anilines is 1. The van der Waals surface area contributed by atoms with E-state index in [1.54, 1.807) is 13.8 Å². The predicted octanol–water partition coefficient (Wildman–Crippen LogP) is 0.114. The highest BCUT2D eigenvalue weighted by molar-refractivity contribution is 7.33. The first kappa shape index (κ1) is 28.0. The van der Waals surface area contributed by atoms with Crippen molar-refractivity contribution < 1.29 is 42.4 Å². The molecular formula is C22H29BN5O9P. The molecule has 1 aliphatic heterocycles. The van der Waals surface area contributed by atoms with Gasteiger partial charge in [-0.3, -0.25) is 13.7 Å². The zero-order chi connectivity index (χ0) is 27.3. The summed E-state index contributed by atoms with van der Waals surface area (Å²) in [5, 5.41) is 11.7. The molecule has 1 aromatic carbocycles. The number of aromatic nitrogens is 4. The monoisotopic (exact) mass is 549 g/mol. The van der Waals surface area contributed by atoms with Crippen LogP contribution in [0.3, 0.4) is 0 Å². The van der Waals surface area contributed by atoms with Gasteiger partial charge in [-0.05, 0) is 13.8 Å². The van der Waals surface area contributed by atoms with Crippen LogP contribution < -0.4 is 15.9 Å². The smallest absolute Gasteiger partial charge is 0.332 e. The van der Waals surface area contributed by atoms with Crippen LogP contribution in [0.15, 0.2) is 36.7 Å². The highest BCUT2D eigenvalue weighted by Crippen LogP contribution is 2.42. The molecule has 0 spiro atoms. The predicted molar refractivity (Wildman–Crippen MR) is 136 cm³/mol. The summed E-state index contributed by atoms with van der Waals surface area (Å²) >= 11 is 0. The Kier molecular flexibility index (Phi) is 8.97. The summed E-state index contributed by atoms with van der Waals surface area (Å²) in [7, 11) is -1.49. The van der Waals surface area contributed by atoms with E-state index in [0.29, 0.717) is 5.52 Å². The topological polar surface area (TPSA) is 179 Å². The molecule has 0 radical (unpaired) electrons. The van der Waals surface area contributed by atoms with Crippen molar-refractivity contribution in [2.75, 3.05) is 32.7 Å². The Balaban J connectivity index is 1.56. The number of nitrogens with zero attached hydrogens (tertiary/aromatic N) is 4. The fourth-order valence-electron chi connectivity index (χ4n) is 4.13. The number of methoxy groups -OCH3 is 1. The summed E-state index contributed by atoms with van der Waals surface area (Å²) in [6.07, 6.45) is -1.46. The van der Waals surface area contributed by atoms with Crippen LogP contribution in [-0.2, 0) is 32.5 Å². The van der Waals surface area contributed by atoms with E-state index in [2.05, 4.69) is 15.0 Å². The van der Waals surface area contributed by atoms with Gasteiger partial charge in [0.25, 0.3) is 0 Å². The number of esters is 1. The second-order valence-electron chi connectivity index (χ2n) is 8.54. The van der Waals surface area contributed by atoms with Crippen LogP contribution in [-0.4, -0.2) is 82.8 Å². The number of imidazole rings is 1. The Morgan fingerprint density at radius 2 is 2.05 bits per heavy atom. The lowest BCUT2D eigenvalue weighted by atomic mass is 9.86. The summed E-state index contributed by atoms with van der Waals surface area (Å²) in [6, 6.07) is 9.38. The summed E-state index contributed by atoms with van der Waals surface area (Å²) in [5.41, 5.74) is 5.67. The van der Waals surface area contributed by atoms with Crippen molar-refractivity contribution in [2.24, 2.45) is 0 Å². The maximum atomic E-state index is 12.3. The van der Waals surface area contributed by atoms with Gasteiger partial charge in [0.1, 0.15) is 17.8 Å². The number of rotatable bonds is 12. The molecule has 16 heteroatoms. The molecule has 3 N–H and O–H groups in total. The number of nitrogens with two attached hydrogens (primary N) is 1. The first-order valence-corrected chi connectivity index (χ1v) is 13.0. The minimum absolute atomic E-state index is 0.0529. The zero-order valence-corrected chi connectivity index (χ0v) is 22.1. The van der Waals surface area contributed by atoms with E-state index in [9.17, 15) is 14.5 Å². The molecule has 0 saturated carbocycles. The first-order chi connectivity index (χ1) is 18.2. The molecule has 4 rings (SSSR count). The molecule has 204 valence electrons. The van der Waals surface area contributed by atoms with Crippen molar-refractivity contribution in [3.63, 3.8) is 0 Å². The number of hydrogen-bond acceptors (Lipinski definition) is 13. The largest absolute Gasteiger partial charge is 0.479 e. The van der Waals surface area contributed by atoms with Crippen LogP contribution in [0.25, 0.3) is 11.2 Å². The summed E-state index contributed by atoms with van der Waals surface area (Å²) < 4.78 is 46.3. The molecule has 2 aromatic heterocycles. The SMILES string of the molecule is CCOC(=O)CO[PH](=O)OC[C@H]1O[C@@H](n2cnc3c(OC)nc(N)nc32)[C@](C)(O)[C@@H]1OBc1ccccc1. The maximum absolute atomic E-state index is 12.3. The van der Waals surface area contributed by atoms with Gasteiger partial charge in [-0.1, -0.05) is 35.8 Å². The average molecular weight is 549 g/mol. The lowest BCUT2D eigenvalue weighted by Gasteiger charge is -2.30. The molecule has 3 heterocycles. The number of carbonyl (C=O) groups is 1. The Morgan fingerprint density at radius 1 is 1.29 bits per heavy atom. The lowest BCUT2D eigenvalue weighted by Crippen LogP contribution is -2.47. The van der Waals surface area contributed by atoms with Crippen molar-refractivity contribution >= 4 is 44.3 Å². The highest BCUT2D eigenvalue weighted by atomic mass is 31.1. The van der Waals surface area contributed by atoms with Gasteiger partial charge < -0.3 is 34.2 Å². The van der Waals surface area contributed by atoms with Gasteiger partial charge in [0.05, 0.1) is 26.7 Å². The number of carbonyl (C=O) groups excluding carboxylic acids is 1. The molecule has 1 unspecified atom stereocenters. The van der Waals surface area contributed by atoms with E-state index < -0.39 is 44.9 Å². The minimum atomic E-state index is -3.08. The van der Waals surface area contributed by atoms with Gasteiger partial charge in [0.2, 0.25) is 11.8 Å². The van der Waals surface area contributed by atoms with Crippen LogP contribution in [0.2, 0.25) is 0 Å². The van der Waals surface area contributed by atoms with Crippen LogP contribution in [0.1, 0.15) is 20.1 Å². The van der Waals surface area contributed by atoms with Crippen molar-refractivity contribution in [3.05, 3.63) is 36.7 Å². The van der Waals surface area contributed by atoms with E-state index in [0.717, 1.165) is 5.46 Å². The van der Waals surface area contributed by atoms with Crippen LogP contribution in [0.4, 0.5) is 5.95 Å². The molecule has 1 aliphatic rings. The van der Waals surface area contributed by atoms with E-state index in [-0.39, 0.29) is 38.2 Å². The molecular weight excluding hydrogens is 520 g/mol. The van der Waals surface area contributed by atoms with Gasteiger partial charge in [-0.2, -0.15) is 9.97 Å². The third kappa shape index (κ3) is 6.14. The Bertz CT molecular complexity index is 1280. The van der Waals surface area contributed by atoms with Crippen molar-refractivity contribution in [1.82, 2.24) is 19.5 Å². The maximum Gasteiger partial charge on any atom is 0.332 e. The summed E-state index contributed by atoms with van der Waals surface area (Å²) in [4.78, 5) is 24.0. The van der Waals surface area contributed by atoms with Crippen molar-refractivity contribution in [1.29, 1.82) is 0 Å². The summed E-state index contributed by atoms with van der Waals surface area (Å²) in [5.74, 6) is -0.553. The van der Waals surface area contributed by atoms with E-state index in [1.807, 2.05) is 30.3 Å². The van der Waals surface area contributed by atoms with E-state index >= 15 is 0 Å². The number of ether oxygens (including phenoxy) is 3. The molecule has 0 aliphatic carbocycles. The molecule has 38 heavy (non-hydrogen) atoms. The fraction of sp³-hybridized carbons (Fsp3) is 0.455. The normalized spacial score (nSPS) is 23.8. The fourth-order valence-corrected chi connectivity index (χ4v) is 4.75. The molecule has 14 nitrogen and oxygen atoms in total. The first-order valence-electron chi connectivity index (χ1n) is 11.8. The second-order valence-corrected chi connectivity index (χ2v) is 9.62. The number of aliphatic hydroxyl groups is 1. The molecule has 5 atom stereocenters. The highest BCUT2D eigenvalue weighted by Gasteiger charge is 2.55. The quantitative estimate of drug-likeness (QED) is 0.177. The van der Waals surface area contributed by atoms with Gasteiger partial charge in [0, 0.05) is 0 Å². The van der Waals surface area contributed by atoms with Crippen molar-refractivity contribution in [3.8, 4) is 5.88 Å². The average Bonchev–Trinajstić information content (AvgIpc) is 3.42. The minimum Gasteiger partial charge on any atom is -0.479 e. The third-order valence-electron chi connectivity index (χ3n) is 5.82.